The molecule has 1 heterocycles. The van der Waals surface area contributed by atoms with Crippen molar-refractivity contribution in [2.45, 2.75) is 0 Å². The van der Waals surface area contributed by atoms with Crippen LogP contribution in [0.3, 0.4) is 0 Å². The van der Waals surface area contributed by atoms with Gasteiger partial charge in [-0.15, -0.1) is 0 Å². The Bertz CT molecular complexity index is 575. The lowest BCUT2D eigenvalue weighted by Gasteiger charge is -2.13. The highest BCUT2D eigenvalue weighted by atomic mass is 16.5. The number of aromatic nitrogens is 2. The predicted octanol–water partition coefficient (Wildman–Crippen LogP) is 0.0228. The molecule has 12 heteroatoms. The van der Waals surface area contributed by atoms with Crippen LogP contribution in [0.5, 0.6) is 0 Å². The SMILES string of the molecule is COCCOCCNc1nc(C(=O)O)c(NCCOCCOC)nc1C(=O)O. The number of nitrogens with one attached hydrogen (secondary N) is 2. The summed E-state index contributed by atoms with van der Waals surface area (Å²) in [6, 6.07) is 0. The lowest BCUT2D eigenvalue weighted by atomic mass is 10.3. The standard InChI is InChI=1S/C16H26N4O8/c1-25-7-9-27-5-3-17-13-11(15(21)22)20-14(12(19-13)16(23)24)18-4-6-28-10-8-26-2/h3-10H2,1-2H3,(H,17,19)(H,18,20)(H,21,22)(H,23,24). The summed E-state index contributed by atoms with van der Waals surface area (Å²) in [4.78, 5) is 30.7. The van der Waals surface area contributed by atoms with Crippen molar-refractivity contribution >= 4 is 23.6 Å². The van der Waals surface area contributed by atoms with Crippen molar-refractivity contribution < 1.29 is 38.7 Å². The van der Waals surface area contributed by atoms with E-state index in [1.165, 1.54) is 0 Å². The molecule has 0 unspecified atom stereocenters. The molecular weight excluding hydrogens is 376 g/mol. The largest absolute Gasteiger partial charge is 0.476 e. The van der Waals surface area contributed by atoms with Crippen LogP contribution in [0.1, 0.15) is 21.0 Å². The third kappa shape index (κ3) is 8.43. The number of methoxy groups -OCH3 is 2. The summed E-state index contributed by atoms with van der Waals surface area (Å²) in [6.45, 7) is 2.57. The Balaban J connectivity index is 2.77. The summed E-state index contributed by atoms with van der Waals surface area (Å²) >= 11 is 0. The van der Waals surface area contributed by atoms with Gasteiger partial charge >= 0.3 is 11.9 Å². The number of ether oxygens (including phenoxy) is 4. The van der Waals surface area contributed by atoms with Gasteiger partial charge in [0.2, 0.25) is 0 Å². The molecule has 0 aliphatic heterocycles. The second-order valence-corrected chi connectivity index (χ2v) is 5.29. The molecule has 0 aromatic carbocycles. The molecule has 1 rings (SSSR count). The summed E-state index contributed by atoms with van der Waals surface area (Å²) < 4.78 is 20.2. The van der Waals surface area contributed by atoms with E-state index in [4.69, 9.17) is 18.9 Å². The zero-order valence-corrected chi connectivity index (χ0v) is 15.9. The van der Waals surface area contributed by atoms with Crippen molar-refractivity contribution in [2.75, 3.05) is 77.6 Å². The van der Waals surface area contributed by atoms with Crippen LogP contribution in [-0.2, 0) is 18.9 Å². The molecule has 0 aliphatic rings. The third-order valence-corrected chi connectivity index (χ3v) is 3.24. The number of anilines is 2. The summed E-state index contributed by atoms with van der Waals surface area (Å²) in [5.41, 5.74) is -0.797. The van der Waals surface area contributed by atoms with Crippen LogP contribution in [0.2, 0.25) is 0 Å². The van der Waals surface area contributed by atoms with E-state index in [-0.39, 0.29) is 37.9 Å². The van der Waals surface area contributed by atoms with Crippen LogP contribution in [0.4, 0.5) is 11.6 Å². The number of rotatable bonds is 16. The second-order valence-electron chi connectivity index (χ2n) is 5.29. The average molecular weight is 402 g/mol. The third-order valence-electron chi connectivity index (χ3n) is 3.24. The van der Waals surface area contributed by atoms with Gasteiger partial charge in [0.1, 0.15) is 0 Å². The average Bonchev–Trinajstić information content (AvgIpc) is 2.67. The number of nitrogens with zero attached hydrogens (tertiary/aromatic N) is 2. The Morgan fingerprint density at radius 2 is 1.14 bits per heavy atom. The van der Waals surface area contributed by atoms with Gasteiger partial charge < -0.3 is 39.8 Å². The van der Waals surface area contributed by atoms with Crippen molar-refractivity contribution in [1.82, 2.24) is 9.97 Å². The fourth-order valence-electron chi connectivity index (χ4n) is 1.95. The number of carboxylic acid groups (broad SMARTS) is 2. The van der Waals surface area contributed by atoms with E-state index in [0.717, 1.165) is 0 Å². The van der Waals surface area contributed by atoms with Crippen LogP contribution in [-0.4, -0.2) is 99.1 Å². The zero-order chi connectivity index (χ0) is 20.8. The van der Waals surface area contributed by atoms with Crippen molar-refractivity contribution in [3.05, 3.63) is 11.4 Å². The molecule has 0 spiro atoms. The molecule has 0 amide bonds. The first-order valence-electron chi connectivity index (χ1n) is 8.51. The molecule has 12 nitrogen and oxygen atoms in total. The van der Waals surface area contributed by atoms with E-state index in [1.807, 2.05) is 0 Å². The monoisotopic (exact) mass is 402 g/mol. The maximum absolute atomic E-state index is 11.5. The summed E-state index contributed by atoms with van der Waals surface area (Å²) in [5.74, 6) is -2.98. The fourth-order valence-corrected chi connectivity index (χ4v) is 1.95. The molecule has 0 saturated heterocycles. The first-order valence-corrected chi connectivity index (χ1v) is 8.51. The maximum atomic E-state index is 11.5. The van der Waals surface area contributed by atoms with E-state index in [9.17, 15) is 19.8 Å². The van der Waals surface area contributed by atoms with Gasteiger partial charge in [0.25, 0.3) is 0 Å². The van der Waals surface area contributed by atoms with Gasteiger partial charge in [-0.1, -0.05) is 0 Å². The van der Waals surface area contributed by atoms with Crippen LogP contribution < -0.4 is 10.6 Å². The molecule has 0 saturated carbocycles. The van der Waals surface area contributed by atoms with Gasteiger partial charge in [-0.3, -0.25) is 0 Å². The summed E-state index contributed by atoms with van der Waals surface area (Å²) in [5, 5.41) is 24.2. The van der Waals surface area contributed by atoms with Gasteiger partial charge in [-0.05, 0) is 0 Å². The fraction of sp³-hybridized carbons (Fsp3) is 0.625. The van der Waals surface area contributed by atoms with Crippen LogP contribution in [0.25, 0.3) is 0 Å². The van der Waals surface area contributed by atoms with Crippen molar-refractivity contribution in [2.24, 2.45) is 0 Å². The van der Waals surface area contributed by atoms with E-state index < -0.39 is 23.3 Å². The molecule has 4 N–H and O–H groups in total. The Labute approximate surface area is 162 Å². The number of hydrogen-bond donors (Lipinski definition) is 4. The van der Waals surface area contributed by atoms with Gasteiger partial charge in [-0.25, -0.2) is 19.6 Å². The van der Waals surface area contributed by atoms with Crippen LogP contribution >= 0.6 is 0 Å². The zero-order valence-electron chi connectivity index (χ0n) is 15.9. The van der Waals surface area contributed by atoms with E-state index in [2.05, 4.69) is 20.6 Å². The minimum Gasteiger partial charge on any atom is -0.476 e. The first-order chi connectivity index (χ1) is 13.5. The Hall–Kier alpha value is -2.54. The van der Waals surface area contributed by atoms with Crippen LogP contribution in [0, 0.1) is 0 Å². The predicted molar refractivity (Wildman–Crippen MR) is 98.3 cm³/mol. The quantitative estimate of drug-likeness (QED) is 0.275. The Morgan fingerprint density at radius 3 is 1.46 bits per heavy atom. The lowest BCUT2D eigenvalue weighted by Crippen LogP contribution is -2.21. The lowest BCUT2D eigenvalue weighted by molar-refractivity contribution is 0.0672. The smallest absolute Gasteiger partial charge is 0.358 e. The molecule has 0 aliphatic carbocycles. The molecule has 158 valence electrons. The van der Waals surface area contributed by atoms with E-state index in [0.29, 0.717) is 26.4 Å². The van der Waals surface area contributed by atoms with Crippen molar-refractivity contribution in [3.63, 3.8) is 0 Å². The number of aromatic carboxylic acids is 2. The Kier molecular flexibility index (Phi) is 11.4. The first kappa shape index (κ1) is 23.5. The molecule has 0 radical (unpaired) electrons. The number of carbonyl (C=O) groups is 2. The van der Waals surface area contributed by atoms with E-state index in [1.54, 1.807) is 14.2 Å². The second kappa shape index (κ2) is 13.6. The molecule has 28 heavy (non-hydrogen) atoms. The molecule has 0 atom stereocenters. The van der Waals surface area contributed by atoms with Gasteiger partial charge in [0, 0.05) is 27.3 Å². The Morgan fingerprint density at radius 1 is 0.750 bits per heavy atom. The highest BCUT2D eigenvalue weighted by molar-refractivity contribution is 5.96. The number of carboxylic acids is 2. The summed E-state index contributed by atoms with van der Waals surface area (Å²) in [6.07, 6.45) is 0. The van der Waals surface area contributed by atoms with E-state index >= 15 is 0 Å². The van der Waals surface area contributed by atoms with Crippen molar-refractivity contribution in [3.8, 4) is 0 Å². The minimum absolute atomic E-state index is 0.151. The number of hydrogen-bond acceptors (Lipinski definition) is 10. The topological polar surface area (TPSA) is 161 Å². The molecule has 1 aromatic rings. The maximum Gasteiger partial charge on any atom is 0.358 e. The molecule has 0 fully saturated rings. The molecular formula is C16H26N4O8. The van der Waals surface area contributed by atoms with Crippen molar-refractivity contribution in [1.29, 1.82) is 0 Å². The summed E-state index contributed by atoms with van der Waals surface area (Å²) in [7, 11) is 3.09. The van der Waals surface area contributed by atoms with Crippen LogP contribution in [0.15, 0.2) is 0 Å². The molecule has 0 bridgehead atoms. The van der Waals surface area contributed by atoms with Gasteiger partial charge in [0.15, 0.2) is 23.0 Å². The normalized spacial score (nSPS) is 10.6. The van der Waals surface area contributed by atoms with Gasteiger partial charge in [0.05, 0.1) is 39.6 Å². The minimum atomic E-state index is -1.34. The highest BCUT2D eigenvalue weighted by Crippen LogP contribution is 2.18. The molecule has 1 aromatic heterocycles. The highest BCUT2D eigenvalue weighted by Gasteiger charge is 2.22. The van der Waals surface area contributed by atoms with Gasteiger partial charge in [-0.2, -0.15) is 0 Å².